The average molecular weight is 1080 g/mol. The van der Waals surface area contributed by atoms with Crippen LogP contribution in [-0.2, 0) is 26.5 Å². The largest absolute Gasteiger partial charge is 0.493 e. The maximum absolute atomic E-state index is 11.2. The molecule has 0 spiro atoms. The third-order valence-electron chi connectivity index (χ3n) is 13.9. The van der Waals surface area contributed by atoms with Gasteiger partial charge in [-0.2, -0.15) is 0 Å². The Morgan fingerprint density at radius 2 is 1.00 bits per heavy atom. The Hall–Kier alpha value is -4.26. The van der Waals surface area contributed by atoms with Gasteiger partial charge in [-0.25, -0.2) is 0 Å². The quantitative estimate of drug-likeness (QED) is 0.0898. The van der Waals surface area contributed by atoms with Crippen LogP contribution in [0.3, 0.4) is 0 Å². The van der Waals surface area contributed by atoms with Gasteiger partial charge in [0.15, 0.2) is 39.6 Å². The van der Waals surface area contributed by atoms with Crippen molar-refractivity contribution in [3.05, 3.63) is 93.0 Å². The molecule has 71 heavy (non-hydrogen) atoms. The van der Waals surface area contributed by atoms with Crippen molar-refractivity contribution in [3.63, 3.8) is 0 Å². The SMILES string of the molecule is CC1(C)CC(O[Si](C)(C)C(C)(C)C)c2cc(Br)ccc2O1.COc1cc(CC(O)c2ccc3c(c2)C(O[Si](C)(C)C(C)(C)C)CC(C)(C)O3)cc(OC)c1OC.COc1cc(CC=O)cc(OC)c1OC. The summed E-state index contributed by atoms with van der Waals surface area (Å²) in [6.45, 7) is 31.3. The molecular weight excluding hydrogens is 1000 g/mol. The molecule has 0 fully saturated rings. The molecular formula is C56H83BrO12Si2. The number of carbonyl (C=O) groups is 1. The molecule has 2 heterocycles. The number of aliphatic hydroxyl groups excluding tert-OH is 1. The topological polar surface area (TPSA) is 130 Å². The van der Waals surface area contributed by atoms with Crippen molar-refractivity contribution in [2.75, 3.05) is 42.7 Å². The van der Waals surface area contributed by atoms with E-state index in [9.17, 15) is 9.90 Å². The molecule has 4 aromatic rings. The standard InChI is InChI=1S/C28H42O6Si.C17H27BrO2Si.C11H14O4/c1-27(2,3)35(9,10)34-25-17-28(4,5)33-22-12-11-19(16-20(22)25)21(29)13-18-14-23(30-6)26(32-8)24(15-18)31-7;1-16(2,3)21(6,7)20-15-11-17(4,5)19-14-9-8-12(18)10-13(14)15;1-13-9-6-8(4-5-12)7-10(14-2)11(9)15-3/h11-12,14-16,21,25,29H,13,17H2,1-10H3;8-10,15H,11H2,1-7H3;5-7H,4H2,1-3H3. The monoisotopic (exact) mass is 1080 g/mol. The molecule has 0 saturated heterocycles. The lowest BCUT2D eigenvalue weighted by molar-refractivity contribution is -0.107. The van der Waals surface area contributed by atoms with E-state index in [2.05, 4.69) is 117 Å². The number of fused-ring (bicyclic) bond motifs is 2. The number of hydrogen-bond donors (Lipinski definition) is 1. The lowest BCUT2D eigenvalue weighted by Crippen LogP contribution is -2.45. The van der Waals surface area contributed by atoms with Gasteiger partial charge < -0.3 is 56.6 Å². The van der Waals surface area contributed by atoms with Crippen LogP contribution in [-0.4, -0.2) is 81.9 Å². The first kappa shape index (κ1) is 59.3. The first-order valence-electron chi connectivity index (χ1n) is 24.3. The number of aliphatic hydroxyl groups is 1. The zero-order valence-electron chi connectivity index (χ0n) is 46.2. The Bertz CT molecular complexity index is 2370. The number of carbonyl (C=O) groups excluding carboxylic acids is 1. The highest BCUT2D eigenvalue weighted by Crippen LogP contribution is 2.50. The van der Waals surface area contributed by atoms with Gasteiger partial charge in [-0.15, -0.1) is 0 Å². The highest BCUT2D eigenvalue weighted by Gasteiger charge is 2.45. The fourth-order valence-corrected chi connectivity index (χ4v) is 10.9. The molecule has 0 aromatic heterocycles. The van der Waals surface area contributed by atoms with E-state index in [1.54, 1.807) is 54.8 Å². The number of rotatable bonds is 15. The molecule has 12 nitrogen and oxygen atoms in total. The van der Waals surface area contributed by atoms with Gasteiger partial charge in [0, 0.05) is 41.3 Å². The van der Waals surface area contributed by atoms with Gasteiger partial charge in [-0.3, -0.25) is 0 Å². The minimum Gasteiger partial charge on any atom is -0.493 e. The molecule has 0 amide bonds. The van der Waals surface area contributed by atoms with Crippen LogP contribution in [0.1, 0.15) is 128 Å². The Labute approximate surface area is 435 Å². The van der Waals surface area contributed by atoms with Crippen molar-refractivity contribution in [1.29, 1.82) is 0 Å². The fraction of sp³-hybridized carbons (Fsp3) is 0.554. The summed E-state index contributed by atoms with van der Waals surface area (Å²) in [5.41, 5.74) is 4.22. The molecule has 2 aliphatic rings. The molecule has 0 aliphatic carbocycles. The molecule has 0 bridgehead atoms. The second-order valence-electron chi connectivity index (χ2n) is 22.5. The van der Waals surface area contributed by atoms with E-state index in [1.807, 2.05) is 42.5 Å². The zero-order chi connectivity index (χ0) is 53.5. The summed E-state index contributed by atoms with van der Waals surface area (Å²) in [6, 6.07) is 19.4. The van der Waals surface area contributed by atoms with Crippen LogP contribution in [0.15, 0.2) is 65.1 Å². The van der Waals surface area contributed by atoms with E-state index in [4.69, 9.17) is 46.7 Å². The van der Waals surface area contributed by atoms with E-state index in [0.717, 1.165) is 57.4 Å². The highest BCUT2D eigenvalue weighted by atomic mass is 79.9. The van der Waals surface area contributed by atoms with Gasteiger partial charge in [0.25, 0.3) is 0 Å². The van der Waals surface area contributed by atoms with Crippen LogP contribution in [0.4, 0.5) is 0 Å². The second-order valence-corrected chi connectivity index (χ2v) is 32.9. The number of halogens is 1. The number of ether oxygens (including phenoxy) is 8. The van der Waals surface area contributed by atoms with Crippen LogP contribution >= 0.6 is 15.9 Å². The van der Waals surface area contributed by atoms with E-state index in [-0.39, 0.29) is 33.5 Å². The maximum Gasteiger partial charge on any atom is 0.203 e. The normalized spacial score (nSPS) is 17.4. The molecule has 0 saturated carbocycles. The van der Waals surface area contributed by atoms with Gasteiger partial charge in [0.1, 0.15) is 29.0 Å². The van der Waals surface area contributed by atoms with Crippen LogP contribution in [0.2, 0.25) is 36.3 Å². The summed E-state index contributed by atoms with van der Waals surface area (Å²) < 4.78 is 58.9. The van der Waals surface area contributed by atoms with Crippen molar-refractivity contribution >= 4 is 38.9 Å². The summed E-state index contributed by atoms with van der Waals surface area (Å²) in [4.78, 5) is 10.4. The van der Waals surface area contributed by atoms with Gasteiger partial charge in [-0.05, 0) is 135 Å². The summed E-state index contributed by atoms with van der Waals surface area (Å²) in [6.07, 6.45) is 2.53. The molecule has 1 N–H and O–H groups in total. The van der Waals surface area contributed by atoms with Crippen molar-refractivity contribution in [1.82, 2.24) is 0 Å². The Kier molecular flexibility index (Phi) is 19.8. The van der Waals surface area contributed by atoms with Crippen molar-refractivity contribution in [3.8, 4) is 46.0 Å². The summed E-state index contributed by atoms with van der Waals surface area (Å²) in [7, 11) is 5.55. The molecule has 0 radical (unpaired) electrons. The Morgan fingerprint density at radius 1 is 0.620 bits per heavy atom. The van der Waals surface area contributed by atoms with Crippen LogP contribution in [0, 0.1) is 0 Å². The molecule has 6 rings (SSSR count). The minimum absolute atomic E-state index is 0.0806. The Balaban J connectivity index is 0.000000257. The Morgan fingerprint density at radius 3 is 1.37 bits per heavy atom. The predicted molar refractivity (Wildman–Crippen MR) is 292 cm³/mol. The number of hydrogen-bond acceptors (Lipinski definition) is 12. The van der Waals surface area contributed by atoms with Crippen LogP contribution < -0.4 is 37.9 Å². The van der Waals surface area contributed by atoms with Crippen LogP contribution in [0.5, 0.6) is 46.0 Å². The van der Waals surface area contributed by atoms with E-state index in [1.165, 1.54) is 5.56 Å². The van der Waals surface area contributed by atoms with Gasteiger partial charge in [-0.1, -0.05) is 63.5 Å². The highest BCUT2D eigenvalue weighted by molar-refractivity contribution is 9.10. The number of aldehydes is 1. The first-order chi connectivity index (χ1) is 32.9. The van der Waals surface area contributed by atoms with Crippen molar-refractivity contribution in [2.24, 2.45) is 0 Å². The van der Waals surface area contributed by atoms with Crippen molar-refractivity contribution in [2.45, 2.75) is 161 Å². The molecule has 15 heteroatoms. The number of methoxy groups -OCH3 is 6. The molecule has 3 atom stereocenters. The zero-order valence-corrected chi connectivity index (χ0v) is 49.8. The minimum atomic E-state index is -2.02. The molecule has 3 unspecified atom stereocenters. The van der Waals surface area contributed by atoms with E-state index < -0.39 is 22.7 Å². The summed E-state index contributed by atoms with van der Waals surface area (Å²) >= 11 is 3.57. The first-order valence-corrected chi connectivity index (χ1v) is 30.9. The third kappa shape index (κ3) is 15.2. The van der Waals surface area contributed by atoms with E-state index >= 15 is 0 Å². The fourth-order valence-electron chi connectivity index (χ4n) is 7.99. The number of benzene rings is 4. The summed E-state index contributed by atoms with van der Waals surface area (Å²) in [5, 5.41) is 11.5. The summed E-state index contributed by atoms with van der Waals surface area (Å²) in [5.74, 6) is 5.12. The van der Waals surface area contributed by atoms with Crippen molar-refractivity contribution < 1.29 is 56.6 Å². The average Bonchev–Trinajstić information content (AvgIpc) is 3.27. The lowest BCUT2D eigenvalue weighted by atomic mass is 9.89. The van der Waals surface area contributed by atoms with Gasteiger partial charge >= 0.3 is 0 Å². The van der Waals surface area contributed by atoms with Gasteiger partial charge in [0.2, 0.25) is 11.5 Å². The third-order valence-corrected chi connectivity index (χ3v) is 23.4. The second kappa shape index (κ2) is 23.7. The molecule has 2 aliphatic heterocycles. The predicted octanol–water partition coefficient (Wildman–Crippen LogP) is 14.1. The van der Waals surface area contributed by atoms with Crippen LogP contribution in [0.25, 0.3) is 0 Å². The smallest absolute Gasteiger partial charge is 0.203 e. The van der Waals surface area contributed by atoms with Gasteiger partial charge in [0.05, 0.1) is 61.0 Å². The lowest BCUT2D eigenvalue weighted by Gasteiger charge is -2.44. The van der Waals surface area contributed by atoms with E-state index in [0.29, 0.717) is 47.3 Å². The molecule has 4 aromatic carbocycles. The molecule has 394 valence electrons. The maximum atomic E-state index is 11.2.